The Balaban J connectivity index is 2.42. The normalized spacial score (nSPS) is 10.8. The number of phenolic OH excluding ortho intramolecular Hbond substituents is 2. The van der Waals surface area contributed by atoms with E-state index in [1.807, 2.05) is 36.4 Å². The number of rotatable bonds is 5. The van der Waals surface area contributed by atoms with Gasteiger partial charge in [0.05, 0.1) is 0 Å². The van der Waals surface area contributed by atoms with Crippen LogP contribution in [0.1, 0.15) is 43.2 Å². The van der Waals surface area contributed by atoms with Crippen LogP contribution in [0.3, 0.4) is 0 Å². The van der Waals surface area contributed by atoms with Crippen LogP contribution in [0, 0.1) is 0 Å². The van der Waals surface area contributed by atoms with E-state index in [0.717, 1.165) is 30.4 Å². The highest BCUT2D eigenvalue weighted by Crippen LogP contribution is 2.38. The number of benzene rings is 2. The van der Waals surface area contributed by atoms with E-state index in [2.05, 4.69) is 6.92 Å². The molecule has 2 N–H and O–H groups in total. The average Bonchev–Trinajstić information content (AvgIpc) is 2.42. The van der Waals surface area contributed by atoms with Gasteiger partial charge in [0.1, 0.15) is 11.5 Å². The average molecular weight is 256 g/mol. The van der Waals surface area contributed by atoms with Gasteiger partial charge in [-0.15, -0.1) is 0 Å². The van der Waals surface area contributed by atoms with Gasteiger partial charge in [-0.1, -0.05) is 56.2 Å². The Bertz CT molecular complexity index is 489. The fourth-order valence-electron chi connectivity index (χ4n) is 2.45. The molecule has 0 saturated carbocycles. The van der Waals surface area contributed by atoms with Crippen molar-refractivity contribution in [2.45, 2.75) is 32.1 Å². The monoisotopic (exact) mass is 256 g/mol. The Kier molecular flexibility index (Phi) is 4.45. The highest BCUT2D eigenvalue weighted by atomic mass is 16.3. The van der Waals surface area contributed by atoms with Crippen LogP contribution < -0.4 is 0 Å². The highest BCUT2D eigenvalue weighted by Gasteiger charge is 2.19. The molecule has 19 heavy (non-hydrogen) atoms. The van der Waals surface area contributed by atoms with Crippen LogP contribution in [-0.4, -0.2) is 10.2 Å². The molecule has 0 radical (unpaired) electrons. The third-order valence-corrected chi connectivity index (χ3v) is 3.47. The van der Waals surface area contributed by atoms with Crippen LogP contribution in [0.15, 0.2) is 48.5 Å². The van der Waals surface area contributed by atoms with Crippen molar-refractivity contribution in [1.29, 1.82) is 0 Å². The molecule has 2 aromatic carbocycles. The number of hydrogen-bond acceptors (Lipinski definition) is 2. The summed E-state index contributed by atoms with van der Waals surface area (Å²) in [6, 6.07) is 14.8. The number of aromatic hydroxyl groups is 2. The number of para-hydroxylation sites is 2. The molecule has 2 aromatic rings. The van der Waals surface area contributed by atoms with Crippen molar-refractivity contribution in [2.24, 2.45) is 0 Å². The maximum Gasteiger partial charge on any atom is 0.119 e. The minimum Gasteiger partial charge on any atom is -0.508 e. The van der Waals surface area contributed by atoms with E-state index in [4.69, 9.17) is 0 Å². The maximum absolute atomic E-state index is 10.1. The van der Waals surface area contributed by atoms with Gasteiger partial charge in [0.2, 0.25) is 0 Å². The molecule has 0 heterocycles. The number of phenols is 2. The lowest BCUT2D eigenvalue weighted by atomic mass is 9.86. The van der Waals surface area contributed by atoms with Gasteiger partial charge >= 0.3 is 0 Å². The molecule has 0 aliphatic carbocycles. The van der Waals surface area contributed by atoms with E-state index in [1.54, 1.807) is 12.1 Å². The molecule has 0 bridgehead atoms. The van der Waals surface area contributed by atoms with Crippen molar-refractivity contribution in [3.05, 3.63) is 59.7 Å². The van der Waals surface area contributed by atoms with Gasteiger partial charge in [0, 0.05) is 17.0 Å². The maximum atomic E-state index is 10.1. The van der Waals surface area contributed by atoms with E-state index < -0.39 is 0 Å². The summed E-state index contributed by atoms with van der Waals surface area (Å²) < 4.78 is 0. The Morgan fingerprint density at radius 2 is 1.32 bits per heavy atom. The van der Waals surface area contributed by atoms with Crippen molar-refractivity contribution in [2.75, 3.05) is 0 Å². The summed E-state index contributed by atoms with van der Waals surface area (Å²) in [5.74, 6) is 0.640. The molecule has 0 spiro atoms. The Morgan fingerprint density at radius 1 is 0.842 bits per heavy atom. The second kappa shape index (κ2) is 6.28. The second-order valence-corrected chi connectivity index (χ2v) is 4.81. The van der Waals surface area contributed by atoms with Crippen LogP contribution in [0.2, 0.25) is 0 Å². The van der Waals surface area contributed by atoms with Gasteiger partial charge < -0.3 is 10.2 Å². The van der Waals surface area contributed by atoms with Gasteiger partial charge in [0.25, 0.3) is 0 Å². The summed E-state index contributed by atoms with van der Waals surface area (Å²) >= 11 is 0. The topological polar surface area (TPSA) is 40.5 Å². The number of unbranched alkanes of at least 4 members (excludes halogenated alkanes) is 1. The standard InChI is InChI=1S/C17H20O2/c1-2-3-8-13(14-9-4-6-11-16(14)18)15-10-5-7-12-17(15)19/h4-7,9-13,18-19H,2-3,8H2,1H3. The zero-order valence-electron chi connectivity index (χ0n) is 11.2. The zero-order chi connectivity index (χ0) is 13.7. The lowest BCUT2D eigenvalue weighted by Gasteiger charge is -2.19. The molecule has 0 aromatic heterocycles. The summed E-state index contributed by atoms with van der Waals surface area (Å²) in [5, 5.41) is 20.1. The first-order valence-corrected chi connectivity index (χ1v) is 6.79. The molecular weight excluding hydrogens is 236 g/mol. The first kappa shape index (κ1) is 13.5. The Morgan fingerprint density at radius 3 is 1.74 bits per heavy atom. The molecule has 0 fully saturated rings. The molecule has 100 valence electrons. The Hall–Kier alpha value is -1.96. The van der Waals surface area contributed by atoms with E-state index in [-0.39, 0.29) is 5.92 Å². The summed E-state index contributed by atoms with van der Waals surface area (Å²) in [6.07, 6.45) is 3.08. The van der Waals surface area contributed by atoms with Gasteiger partial charge in [-0.25, -0.2) is 0 Å². The molecule has 0 saturated heterocycles. The molecule has 2 rings (SSSR count). The molecule has 0 aliphatic heterocycles. The molecule has 0 atom stereocenters. The minimum absolute atomic E-state index is 0.0438. The van der Waals surface area contributed by atoms with Gasteiger partial charge in [-0.2, -0.15) is 0 Å². The second-order valence-electron chi connectivity index (χ2n) is 4.81. The van der Waals surface area contributed by atoms with Crippen LogP contribution >= 0.6 is 0 Å². The van der Waals surface area contributed by atoms with Gasteiger partial charge in [0.15, 0.2) is 0 Å². The molecule has 2 heteroatoms. The largest absolute Gasteiger partial charge is 0.508 e. The first-order valence-electron chi connectivity index (χ1n) is 6.79. The fourth-order valence-corrected chi connectivity index (χ4v) is 2.45. The van der Waals surface area contributed by atoms with Crippen molar-refractivity contribution in [1.82, 2.24) is 0 Å². The smallest absolute Gasteiger partial charge is 0.119 e. The molecule has 2 nitrogen and oxygen atoms in total. The molecular formula is C17H20O2. The van der Waals surface area contributed by atoms with E-state index in [9.17, 15) is 10.2 Å². The molecule has 0 unspecified atom stereocenters. The van der Waals surface area contributed by atoms with Crippen LogP contribution in [-0.2, 0) is 0 Å². The third kappa shape index (κ3) is 3.08. The summed E-state index contributed by atoms with van der Waals surface area (Å²) in [5.41, 5.74) is 1.77. The quantitative estimate of drug-likeness (QED) is 0.831. The van der Waals surface area contributed by atoms with Crippen molar-refractivity contribution >= 4 is 0 Å². The lowest BCUT2D eigenvalue weighted by molar-refractivity contribution is 0.449. The predicted octanol–water partition coefficient (Wildman–Crippen LogP) is 4.42. The minimum atomic E-state index is 0.0438. The highest BCUT2D eigenvalue weighted by molar-refractivity contribution is 5.45. The Labute approximate surface area is 114 Å². The summed E-state index contributed by atoms with van der Waals surface area (Å²) in [6.45, 7) is 2.15. The third-order valence-electron chi connectivity index (χ3n) is 3.47. The van der Waals surface area contributed by atoms with Crippen LogP contribution in [0.25, 0.3) is 0 Å². The zero-order valence-corrected chi connectivity index (χ0v) is 11.2. The van der Waals surface area contributed by atoms with Crippen LogP contribution in [0.5, 0.6) is 11.5 Å². The SMILES string of the molecule is CCCCC(c1ccccc1O)c1ccccc1O. The lowest BCUT2D eigenvalue weighted by Crippen LogP contribution is -2.02. The van der Waals surface area contributed by atoms with E-state index in [0.29, 0.717) is 11.5 Å². The van der Waals surface area contributed by atoms with Gasteiger partial charge in [-0.3, -0.25) is 0 Å². The predicted molar refractivity (Wildman–Crippen MR) is 77.6 cm³/mol. The van der Waals surface area contributed by atoms with Crippen molar-refractivity contribution in [3.8, 4) is 11.5 Å². The van der Waals surface area contributed by atoms with Crippen molar-refractivity contribution in [3.63, 3.8) is 0 Å². The van der Waals surface area contributed by atoms with E-state index >= 15 is 0 Å². The van der Waals surface area contributed by atoms with Gasteiger partial charge in [-0.05, 0) is 18.6 Å². The molecule has 0 aliphatic rings. The number of hydrogen-bond donors (Lipinski definition) is 2. The van der Waals surface area contributed by atoms with Crippen molar-refractivity contribution < 1.29 is 10.2 Å². The van der Waals surface area contributed by atoms with Crippen LogP contribution in [0.4, 0.5) is 0 Å². The fraction of sp³-hybridized carbons (Fsp3) is 0.294. The summed E-state index contributed by atoms with van der Waals surface area (Å²) in [7, 11) is 0. The molecule has 0 amide bonds. The van der Waals surface area contributed by atoms with E-state index in [1.165, 1.54) is 0 Å². The summed E-state index contributed by atoms with van der Waals surface area (Å²) in [4.78, 5) is 0. The first-order chi connectivity index (χ1) is 9.24.